The molecule has 1 heterocycles. The normalized spacial score (nSPS) is 10.4. The Balaban J connectivity index is 2.54. The molecule has 0 atom stereocenters. The lowest BCUT2D eigenvalue weighted by atomic mass is 10.2. The number of ketones is 1. The Morgan fingerprint density at radius 1 is 1.32 bits per heavy atom. The minimum Gasteiger partial charge on any atom is -0.295 e. The van der Waals surface area contributed by atoms with Crippen molar-refractivity contribution < 1.29 is 9.72 Å². The second-order valence-corrected chi connectivity index (χ2v) is 4.08. The van der Waals surface area contributed by atoms with Crippen LogP contribution in [-0.2, 0) is 0 Å². The number of hydrogen-bond acceptors (Lipinski definition) is 4. The van der Waals surface area contributed by atoms with Crippen LogP contribution in [0.25, 0.3) is 5.69 Å². The van der Waals surface area contributed by atoms with E-state index in [0.29, 0.717) is 11.4 Å². The summed E-state index contributed by atoms with van der Waals surface area (Å²) >= 11 is 0. The van der Waals surface area contributed by atoms with Crippen LogP contribution in [0, 0.1) is 17.0 Å². The van der Waals surface area contributed by atoms with Gasteiger partial charge in [-0.2, -0.15) is 0 Å². The minimum absolute atomic E-state index is 0.0631. The van der Waals surface area contributed by atoms with E-state index >= 15 is 0 Å². The number of H-pyrrole nitrogens is 1. The summed E-state index contributed by atoms with van der Waals surface area (Å²) in [5, 5.41) is 13.3. The number of carbonyl (C=O) groups excluding carboxylic acids is 1. The molecule has 0 saturated carbocycles. The van der Waals surface area contributed by atoms with Crippen molar-refractivity contribution in [2.24, 2.45) is 0 Å². The third kappa shape index (κ3) is 2.17. The van der Waals surface area contributed by atoms with E-state index in [0.717, 1.165) is 0 Å². The van der Waals surface area contributed by atoms with Crippen molar-refractivity contribution in [1.29, 1.82) is 0 Å². The van der Waals surface area contributed by atoms with Crippen molar-refractivity contribution in [2.75, 3.05) is 0 Å². The van der Waals surface area contributed by atoms with E-state index in [1.165, 1.54) is 35.9 Å². The smallest absolute Gasteiger partial charge is 0.282 e. The van der Waals surface area contributed by atoms with Crippen LogP contribution in [0.4, 0.5) is 5.69 Å². The number of carbonyl (C=O) groups is 1. The lowest BCUT2D eigenvalue weighted by molar-refractivity contribution is -0.384. The van der Waals surface area contributed by atoms with Gasteiger partial charge in [0.05, 0.1) is 10.6 Å². The molecule has 0 spiro atoms. The van der Waals surface area contributed by atoms with Crippen LogP contribution in [0.3, 0.4) is 0 Å². The van der Waals surface area contributed by atoms with Gasteiger partial charge < -0.3 is 0 Å². The van der Waals surface area contributed by atoms with Gasteiger partial charge in [-0.1, -0.05) is 0 Å². The summed E-state index contributed by atoms with van der Waals surface area (Å²) in [5.74, 6) is -0.320. The SMILES string of the molecule is CC(=O)c1c(C)[nH]n(-c2ccc([N+](=O)[O-])cc2)c1=O. The lowest BCUT2D eigenvalue weighted by Gasteiger charge is -2.00. The number of nitro benzene ring substituents is 1. The monoisotopic (exact) mass is 261 g/mol. The molecule has 2 aromatic rings. The zero-order chi connectivity index (χ0) is 14.2. The van der Waals surface area contributed by atoms with Crippen molar-refractivity contribution in [1.82, 2.24) is 9.78 Å². The summed E-state index contributed by atoms with van der Waals surface area (Å²) in [7, 11) is 0. The van der Waals surface area contributed by atoms with Crippen molar-refractivity contribution in [3.8, 4) is 5.69 Å². The number of non-ortho nitro benzene ring substituents is 1. The number of nitrogens with zero attached hydrogens (tertiary/aromatic N) is 2. The number of Topliss-reactive ketones (excluding diaryl/α,β-unsaturated/α-hetero) is 1. The van der Waals surface area contributed by atoms with Crippen LogP contribution in [0.5, 0.6) is 0 Å². The molecule has 7 nitrogen and oxygen atoms in total. The van der Waals surface area contributed by atoms with Gasteiger partial charge in [-0.3, -0.25) is 24.8 Å². The fourth-order valence-electron chi connectivity index (χ4n) is 1.87. The average molecular weight is 261 g/mol. The molecule has 0 amide bonds. The first kappa shape index (κ1) is 12.7. The zero-order valence-corrected chi connectivity index (χ0v) is 10.3. The molecule has 1 aromatic heterocycles. The maximum atomic E-state index is 12.0. The molecule has 98 valence electrons. The number of rotatable bonds is 3. The summed E-state index contributed by atoms with van der Waals surface area (Å²) in [6, 6.07) is 5.48. The second kappa shape index (κ2) is 4.52. The van der Waals surface area contributed by atoms with E-state index in [-0.39, 0.29) is 17.0 Å². The van der Waals surface area contributed by atoms with Gasteiger partial charge in [0.15, 0.2) is 5.78 Å². The van der Waals surface area contributed by atoms with Crippen LogP contribution in [-0.4, -0.2) is 20.5 Å². The molecule has 0 radical (unpaired) electrons. The van der Waals surface area contributed by atoms with Crippen LogP contribution in [0.2, 0.25) is 0 Å². The first-order chi connectivity index (χ1) is 8.91. The number of nitro groups is 1. The van der Waals surface area contributed by atoms with Gasteiger partial charge in [-0.15, -0.1) is 0 Å². The molecule has 0 saturated heterocycles. The van der Waals surface area contributed by atoms with Crippen LogP contribution < -0.4 is 5.56 Å². The second-order valence-electron chi connectivity index (χ2n) is 4.08. The molecule has 2 rings (SSSR count). The first-order valence-corrected chi connectivity index (χ1v) is 5.49. The highest BCUT2D eigenvalue weighted by Gasteiger charge is 2.16. The Hall–Kier alpha value is -2.70. The Labute approximate surface area is 107 Å². The molecule has 0 aliphatic rings. The van der Waals surface area contributed by atoms with Crippen molar-refractivity contribution in [3.63, 3.8) is 0 Å². The highest BCUT2D eigenvalue weighted by atomic mass is 16.6. The van der Waals surface area contributed by atoms with E-state index in [1.54, 1.807) is 6.92 Å². The van der Waals surface area contributed by atoms with E-state index in [1.807, 2.05) is 0 Å². The molecule has 0 unspecified atom stereocenters. The van der Waals surface area contributed by atoms with Crippen LogP contribution >= 0.6 is 0 Å². The van der Waals surface area contributed by atoms with E-state index in [9.17, 15) is 19.7 Å². The summed E-state index contributed by atoms with van der Waals surface area (Å²) < 4.78 is 1.19. The number of aromatic nitrogens is 2. The van der Waals surface area contributed by atoms with Gasteiger partial charge in [0.25, 0.3) is 11.2 Å². The highest BCUT2D eigenvalue weighted by Crippen LogP contribution is 2.14. The standard InChI is InChI=1S/C12H11N3O4/c1-7-11(8(2)16)12(17)14(13-7)9-3-5-10(6-4-9)15(18)19/h3-6,13H,1-2H3. The number of hydrogen-bond donors (Lipinski definition) is 1. The predicted molar refractivity (Wildman–Crippen MR) is 67.8 cm³/mol. The Bertz CT molecular complexity index is 710. The van der Waals surface area contributed by atoms with Crippen LogP contribution in [0.1, 0.15) is 23.0 Å². The van der Waals surface area contributed by atoms with Gasteiger partial charge >= 0.3 is 0 Å². The molecule has 0 fully saturated rings. The summed E-state index contributed by atoms with van der Waals surface area (Å²) in [6.45, 7) is 2.94. The topological polar surface area (TPSA) is 98.0 Å². The van der Waals surface area contributed by atoms with Crippen molar-refractivity contribution >= 4 is 11.5 Å². The molecular weight excluding hydrogens is 250 g/mol. The lowest BCUT2D eigenvalue weighted by Crippen LogP contribution is -2.19. The molecular formula is C12H11N3O4. The average Bonchev–Trinajstić information content (AvgIpc) is 2.65. The number of nitrogens with one attached hydrogen (secondary N) is 1. The molecule has 0 aliphatic heterocycles. The molecule has 7 heteroatoms. The van der Waals surface area contributed by atoms with Gasteiger partial charge in [0.1, 0.15) is 5.56 Å². The fraction of sp³-hybridized carbons (Fsp3) is 0.167. The van der Waals surface area contributed by atoms with E-state index in [2.05, 4.69) is 5.10 Å². The number of aromatic amines is 1. The largest absolute Gasteiger partial charge is 0.295 e. The minimum atomic E-state index is -0.520. The van der Waals surface area contributed by atoms with E-state index < -0.39 is 10.5 Å². The number of aryl methyl sites for hydroxylation is 1. The predicted octanol–water partition coefficient (Wildman–Crippen LogP) is 1.58. The molecule has 19 heavy (non-hydrogen) atoms. The number of benzene rings is 1. The van der Waals surface area contributed by atoms with Gasteiger partial charge in [-0.25, -0.2) is 4.68 Å². The van der Waals surface area contributed by atoms with E-state index in [4.69, 9.17) is 0 Å². The molecule has 1 N–H and O–H groups in total. The molecule has 1 aromatic carbocycles. The third-order valence-electron chi connectivity index (χ3n) is 2.74. The molecule has 0 bridgehead atoms. The first-order valence-electron chi connectivity index (χ1n) is 5.49. The van der Waals surface area contributed by atoms with Gasteiger partial charge in [0.2, 0.25) is 0 Å². The van der Waals surface area contributed by atoms with Gasteiger partial charge in [-0.05, 0) is 26.0 Å². The van der Waals surface area contributed by atoms with Crippen molar-refractivity contribution in [3.05, 3.63) is 56.0 Å². The zero-order valence-electron chi connectivity index (χ0n) is 10.3. The quantitative estimate of drug-likeness (QED) is 0.515. The van der Waals surface area contributed by atoms with Crippen molar-refractivity contribution in [2.45, 2.75) is 13.8 Å². The Kier molecular flexibility index (Phi) is 3.04. The maximum absolute atomic E-state index is 12.0. The highest BCUT2D eigenvalue weighted by molar-refractivity contribution is 5.94. The fourth-order valence-corrected chi connectivity index (χ4v) is 1.87. The third-order valence-corrected chi connectivity index (χ3v) is 2.74. The summed E-state index contributed by atoms with van der Waals surface area (Å²) in [4.78, 5) is 33.4. The molecule has 0 aliphatic carbocycles. The summed E-state index contributed by atoms with van der Waals surface area (Å²) in [5.41, 5.74) is 0.478. The summed E-state index contributed by atoms with van der Waals surface area (Å²) in [6.07, 6.45) is 0. The van der Waals surface area contributed by atoms with Gasteiger partial charge in [0, 0.05) is 17.8 Å². The Morgan fingerprint density at radius 3 is 2.32 bits per heavy atom. The maximum Gasteiger partial charge on any atom is 0.282 e. The Morgan fingerprint density at radius 2 is 1.89 bits per heavy atom. The van der Waals surface area contributed by atoms with Crippen LogP contribution in [0.15, 0.2) is 29.1 Å².